The second-order valence-electron chi connectivity index (χ2n) is 3.78. The Kier molecular flexibility index (Phi) is 7.18. The number of methoxy groups -OCH3 is 1. The number of hydrogen-bond acceptors (Lipinski definition) is 4. The minimum Gasteiger partial charge on any atom is -0.495 e. The third-order valence-electron chi connectivity index (χ3n) is 2.13. The maximum atomic E-state index is 11.8. The van der Waals surface area contributed by atoms with E-state index < -0.39 is 0 Å². The van der Waals surface area contributed by atoms with Crippen molar-refractivity contribution in [3.8, 4) is 5.75 Å². The first-order valence-electron chi connectivity index (χ1n) is 5.22. The van der Waals surface area contributed by atoms with Crippen molar-refractivity contribution < 1.29 is 9.53 Å². The summed E-state index contributed by atoms with van der Waals surface area (Å²) in [5.41, 5.74) is 5.60. The van der Waals surface area contributed by atoms with Crippen molar-refractivity contribution in [1.29, 1.82) is 0 Å². The van der Waals surface area contributed by atoms with Gasteiger partial charge < -0.3 is 15.8 Å². The first kappa shape index (κ1) is 16.2. The molecule has 0 aliphatic rings. The summed E-state index contributed by atoms with van der Waals surface area (Å²) in [6.07, 6.45) is 0.776. The molecule has 0 radical (unpaired) electrons. The van der Waals surface area contributed by atoms with Crippen LogP contribution in [0.15, 0.2) is 6.07 Å². The maximum Gasteiger partial charge on any atom is 0.265 e. The van der Waals surface area contributed by atoms with E-state index in [0.717, 1.165) is 11.3 Å². The van der Waals surface area contributed by atoms with E-state index in [-0.39, 0.29) is 24.4 Å². The molecule has 1 unspecified atom stereocenters. The molecular formula is C11H19ClN2O2S. The number of carbonyl (C=O) groups excluding carboxylic acids is 1. The van der Waals surface area contributed by atoms with Gasteiger partial charge in [-0.25, -0.2) is 0 Å². The van der Waals surface area contributed by atoms with Crippen LogP contribution in [0, 0.1) is 6.92 Å². The molecule has 0 saturated carbocycles. The Morgan fingerprint density at radius 1 is 1.65 bits per heavy atom. The standard InChI is InChI=1S/C11H18N2O2S.ClH/c1-7(12)4-5-13-11(14)10-9(15-3)6-8(2)16-10;/h6-7H,4-5,12H2,1-3H3,(H,13,14);1H. The zero-order valence-electron chi connectivity index (χ0n) is 10.3. The number of carbonyl (C=O) groups is 1. The molecule has 1 aromatic heterocycles. The first-order chi connectivity index (χ1) is 7.54. The Bertz CT molecular complexity index is 366. The fourth-order valence-corrected chi connectivity index (χ4v) is 2.19. The highest BCUT2D eigenvalue weighted by atomic mass is 35.5. The number of halogens is 1. The van der Waals surface area contributed by atoms with Crippen LogP contribution in [-0.2, 0) is 0 Å². The van der Waals surface area contributed by atoms with Crippen LogP contribution in [0.25, 0.3) is 0 Å². The number of ether oxygens (including phenoxy) is 1. The fourth-order valence-electron chi connectivity index (χ4n) is 1.29. The molecule has 98 valence electrons. The van der Waals surface area contributed by atoms with Crippen LogP contribution < -0.4 is 15.8 Å². The van der Waals surface area contributed by atoms with E-state index in [1.54, 1.807) is 7.11 Å². The van der Waals surface area contributed by atoms with Crippen LogP contribution in [0.5, 0.6) is 5.75 Å². The van der Waals surface area contributed by atoms with Crippen molar-refractivity contribution in [3.63, 3.8) is 0 Å². The highest BCUT2D eigenvalue weighted by Gasteiger charge is 2.15. The molecule has 0 aromatic carbocycles. The fraction of sp³-hybridized carbons (Fsp3) is 0.545. The molecule has 0 bridgehead atoms. The molecule has 0 saturated heterocycles. The van der Waals surface area contributed by atoms with Crippen LogP contribution in [-0.4, -0.2) is 25.6 Å². The number of thiophene rings is 1. The number of hydrogen-bond donors (Lipinski definition) is 2. The predicted molar refractivity (Wildman–Crippen MR) is 73.5 cm³/mol. The smallest absolute Gasteiger partial charge is 0.265 e. The Hall–Kier alpha value is -0.780. The van der Waals surface area contributed by atoms with Crippen molar-refractivity contribution in [1.82, 2.24) is 5.32 Å². The van der Waals surface area contributed by atoms with Gasteiger partial charge in [0.1, 0.15) is 10.6 Å². The van der Waals surface area contributed by atoms with Gasteiger partial charge in [0.05, 0.1) is 7.11 Å². The summed E-state index contributed by atoms with van der Waals surface area (Å²) in [6.45, 7) is 4.46. The van der Waals surface area contributed by atoms with E-state index in [1.165, 1.54) is 11.3 Å². The van der Waals surface area contributed by atoms with Crippen molar-refractivity contribution in [2.24, 2.45) is 5.73 Å². The number of nitrogens with two attached hydrogens (primary N) is 1. The Morgan fingerprint density at radius 2 is 2.29 bits per heavy atom. The maximum absolute atomic E-state index is 11.8. The van der Waals surface area contributed by atoms with Gasteiger partial charge in [-0.3, -0.25) is 4.79 Å². The number of nitrogens with one attached hydrogen (secondary N) is 1. The summed E-state index contributed by atoms with van der Waals surface area (Å²) in [4.78, 5) is 13.5. The first-order valence-corrected chi connectivity index (χ1v) is 6.04. The van der Waals surface area contributed by atoms with E-state index in [1.807, 2.05) is 19.9 Å². The summed E-state index contributed by atoms with van der Waals surface area (Å²) in [5.74, 6) is 0.552. The second kappa shape index (κ2) is 7.53. The molecule has 0 aliphatic carbocycles. The van der Waals surface area contributed by atoms with E-state index in [9.17, 15) is 4.79 Å². The molecule has 6 heteroatoms. The van der Waals surface area contributed by atoms with Gasteiger partial charge in [-0.05, 0) is 26.3 Å². The van der Waals surface area contributed by atoms with E-state index in [4.69, 9.17) is 10.5 Å². The minimum atomic E-state index is -0.0874. The summed E-state index contributed by atoms with van der Waals surface area (Å²) in [6, 6.07) is 1.97. The quantitative estimate of drug-likeness (QED) is 0.865. The third kappa shape index (κ3) is 4.93. The van der Waals surface area contributed by atoms with E-state index >= 15 is 0 Å². The lowest BCUT2D eigenvalue weighted by molar-refractivity contribution is 0.0954. The van der Waals surface area contributed by atoms with Crippen molar-refractivity contribution in [2.75, 3.05) is 13.7 Å². The molecular weight excluding hydrogens is 260 g/mol. The van der Waals surface area contributed by atoms with Crippen LogP contribution in [0.4, 0.5) is 0 Å². The monoisotopic (exact) mass is 278 g/mol. The zero-order valence-corrected chi connectivity index (χ0v) is 11.9. The highest BCUT2D eigenvalue weighted by molar-refractivity contribution is 7.14. The number of amides is 1. The average Bonchev–Trinajstić information content (AvgIpc) is 2.59. The Balaban J connectivity index is 0.00000256. The lowest BCUT2D eigenvalue weighted by Crippen LogP contribution is -2.28. The average molecular weight is 279 g/mol. The van der Waals surface area contributed by atoms with Crippen LogP contribution >= 0.6 is 23.7 Å². The Morgan fingerprint density at radius 3 is 2.82 bits per heavy atom. The zero-order chi connectivity index (χ0) is 12.1. The van der Waals surface area contributed by atoms with Crippen molar-refractivity contribution in [2.45, 2.75) is 26.3 Å². The molecule has 1 rings (SSSR count). The predicted octanol–water partition coefficient (Wildman–Crippen LogP) is 1.95. The van der Waals surface area contributed by atoms with E-state index in [0.29, 0.717) is 17.2 Å². The largest absolute Gasteiger partial charge is 0.495 e. The molecule has 1 atom stereocenters. The highest BCUT2D eigenvalue weighted by Crippen LogP contribution is 2.28. The SMILES string of the molecule is COc1cc(C)sc1C(=O)NCCC(C)N.Cl. The van der Waals surface area contributed by atoms with Crippen molar-refractivity contribution >= 4 is 29.7 Å². The van der Waals surface area contributed by atoms with Gasteiger partial charge in [-0.2, -0.15) is 0 Å². The molecule has 4 nitrogen and oxygen atoms in total. The second-order valence-corrected chi connectivity index (χ2v) is 5.03. The summed E-state index contributed by atoms with van der Waals surface area (Å²) >= 11 is 1.44. The van der Waals surface area contributed by atoms with Gasteiger partial charge in [0.25, 0.3) is 5.91 Å². The molecule has 1 amide bonds. The molecule has 1 aromatic rings. The van der Waals surface area contributed by atoms with Gasteiger partial charge >= 0.3 is 0 Å². The van der Waals surface area contributed by atoms with Gasteiger partial charge in [0.2, 0.25) is 0 Å². The van der Waals surface area contributed by atoms with Gasteiger partial charge in [-0.15, -0.1) is 23.7 Å². The summed E-state index contributed by atoms with van der Waals surface area (Å²) in [5, 5.41) is 2.83. The molecule has 0 fully saturated rings. The molecule has 0 spiro atoms. The molecule has 17 heavy (non-hydrogen) atoms. The normalized spacial score (nSPS) is 11.5. The van der Waals surface area contributed by atoms with Crippen LogP contribution in [0.3, 0.4) is 0 Å². The third-order valence-corrected chi connectivity index (χ3v) is 3.16. The summed E-state index contributed by atoms with van der Waals surface area (Å²) < 4.78 is 5.14. The van der Waals surface area contributed by atoms with Gasteiger partial charge in [0, 0.05) is 17.5 Å². The number of aryl methyl sites for hydroxylation is 1. The van der Waals surface area contributed by atoms with Crippen molar-refractivity contribution in [3.05, 3.63) is 15.8 Å². The summed E-state index contributed by atoms with van der Waals surface area (Å²) in [7, 11) is 1.57. The topological polar surface area (TPSA) is 64.3 Å². The van der Waals surface area contributed by atoms with Gasteiger partial charge in [-0.1, -0.05) is 0 Å². The molecule has 1 heterocycles. The lowest BCUT2D eigenvalue weighted by atomic mass is 10.2. The minimum absolute atomic E-state index is 0. The van der Waals surface area contributed by atoms with Crippen LogP contribution in [0.2, 0.25) is 0 Å². The lowest BCUT2D eigenvalue weighted by Gasteiger charge is -2.07. The molecule has 0 aliphatic heterocycles. The number of rotatable bonds is 5. The van der Waals surface area contributed by atoms with Gasteiger partial charge in [0.15, 0.2) is 0 Å². The molecule has 3 N–H and O–H groups in total. The Labute approximate surface area is 112 Å². The van der Waals surface area contributed by atoms with Crippen LogP contribution in [0.1, 0.15) is 27.9 Å². The van der Waals surface area contributed by atoms with E-state index in [2.05, 4.69) is 5.32 Å².